The highest BCUT2D eigenvalue weighted by Crippen LogP contribution is 2.48. The number of carbonyl (C=O) groups is 1. The van der Waals surface area contributed by atoms with Crippen molar-refractivity contribution in [3.63, 3.8) is 0 Å². The van der Waals surface area contributed by atoms with E-state index in [4.69, 9.17) is 0 Å². The van der Waals surface area contributed by atoms with E-state index in [1.807, 2.05) is 44.2 Å². The molecular formula is C18H25NO2S. The molecule has 1 aromatic carbocycles. The van der Waals surface area contributed by atoms with Gasteiger partial charge in [0.2, 0.25) is 5.91 Å². The zero-order chi connectivity index (χ0) is 15.7. The average molecular weight is 319 g/mol. The largest absolute Gasteiger partial charge is 0.396 e. The molecule has 3 nitrogen and oxygen atoms in total. The van der Waals surface area contributed by atoms with Crippen molar-refractivity contribution in [3.8, 4) is 0 Å². The van der Waals surface area contributed by atoms with Crippen molar-refractivity contribution in [2.75, 3.05) is 6.61 Å². The molecule has 2 bridgehead atoms. The first-order valence-electron chi connectivity index (χ1n) is 8.17. The average Bonchev–Trinajstić information content (AvgIpc) is 3.08. The summed E-state index contributed by atoms with van der Waals surface area (Å²) in [6.07, 6.45) is 3.57. The van der Waals surface area contributed by atoms with E-state index in [0.717, 1.165) is 4.90 Å². The summed E-state index contributed by atoms with van der Waals surface area (Å²) in [7, 11) is 0. The van der Waals surface area contributed by atoms with Gasteiger partial charge in [0.25, 0.3) is 0 Å². The van der Waals surface area contributed by atoms with E-state index in [1.165, 1.54) is 19.3 Å². The Morgan fingerprint density at radius 2 is 1.95 bits per heavy atom. The monoisotopic (exact) mass is 319 g/mol. The molecule has 2 saturated carbocycles. The Morgan fingerprint density at radius 3 is 2.64 bits per heavy atom. The summed E-state index contributed by atoms with van der Waals surface area (Å²) in [5, 5.41) is 12.9. The van der Waals surface area contributed by atoms with Crippen LogP contribution in [0.15, 0.2) is 35.2 Å². The first-order valence-corrected chi connectivity index (χ1v) is 8.99. The van der Waals surface area contributed by atoms with E-state index in [-0.39, 0.29) is 24.5 Å². The van der Waals surface area contributed by atoms with Crippen LogP contribution >= 0.6 is 11.8 Å². The minimum absolute atomic E-state index is 0.0809. The number of fused-ring (bicyclic) bond motifs is 2. The second-order valence-electron chi connectivity index (χ2n) is 7.10. The maximum Gasteiger partial charge on any atom is 0.236 e. The van der Waals surface area contributed by atoms with Gasteiger partial charge in [0.1, 0.15) is 0 Å². The summed E-state index contributed by atoms with van der Waals surface area (Å²) >= 11 is 1.59. The summed E-state index contributed by atoms with van der Waals surface area (Å²) in [5.74, 6) is 1.49. The predicted octanol–water partition coefficient (Wildman–Crippen LogP) is 3.08. The molecule has 0 heterocycles. The Bertz CT molecular complexity index is 531. The molecule has 0 saturated heterocycles. The molecule has 1 amide bonds. The van der Waals surface area contributed by atoms with Gasteiger partial charge in [-0.25, -0.2) is 0 Å². The highest BCUT2D eigenvalue weighted by atomic mass is 32.2. The van der Waals surface area contributed by atoms with Crippen LogP contribution in [0.25, 0.3) is 0 Å². The van der Waals surface area contributed by atoms with Crippen LogP contribution in [-0.4, -0.2) is 28.4 Å². The van der Waals surface area contributed by atoms with E-state index < -0.39 is 4.75 Å². The van der Waals surface area contributed by atoms with E-state index in [1.54, 1.807) is 11.8 Å². The topological polar surface area (TPSA) is 49.3 Å². The SMILES string of the molecule is CC(C)(Sc1ccccc1)C(=O)NC1C2CCC(C2)C1CO. The maximum atomic E-state index is 12.7. The summed E-state index contributed by atoms with van der Waals surface area (Å²) < 4.78 is -0.511. The smallest absolute Gasteiger partial charge is 0.236 e. The molecule has 0 radical (unpaired) electrons. The third kappa shape index (κ3) is 3.04. The number of carbonyl (C=O) groups excluding carboxylic acids is 1. The van der Waals surface area contributed by atoms with Crippen LogP contribution in [0.4, 0.5) is 0 Å². The quantitative estimate of drug-likeness (QED) is 0.820. The molecule has 4 heteroatoms. The zero-order valence-corrected chi connectivity index (χ0v) is 14.1. The van der Waals surface area contributed by atoms with Crippen LogP contribution < -0.4 is 5.32 Å². The highest BCUT2D eigenvalue weighted by Gasteiger charge is 2.48. The Hall–Kier alpha value is -1.00. The lowest BCUT2D eigenvalue weighted by molar-refractivity contribution is -0.124. The molecule has 4 unspecified atom stereocenters. The first kappa shape index (κ1) is 15.9. The van der Waals surface area contributed by atoms with Gasteiger partial charge >= 0.3 is 0 Å². The van der Waals surface area contributed by atoms with Gasteiger partial charge in [-0.15, -0.1) is 11.8 Å². The second-order valence-corrected chi connectivity index (χ2v) is 8.80. The fourth-order valence-corrected chi connectivity index (χ4v) is 5.09. The number of hydrogen-bond donors (Lipinski definition) is 2. The third-order valence-electron chi connectivity index (χ3n) is 5.26. The molecule has 22 heavy (non-hydrogen) atoms. The second kappa shape index (κ2) is 6.25. The highest BCUT2D eigenvalue weighted by molar-refractivity contribution is 8.01. The lowest BCUT2D eigenvalue weighted by atomic mass is 9.85. The van der Waals surface area contributed by atoms with Gasteiger partial charge < -0.3 is 10.4 Å². The van der Waals surface area contributed by atoms with Crippen molar-refractivity contribution in [3.05, 3.63) is 30.3 Å². The number of amides is 1. The molecule has 0 aliphatic heterocycles. The molecule has 120 valence electrons. The molecule has 1 aromatic rings. The van der Waals surface area contributed by atoms with Gasteiger partial charge in [0.15, 0.2) is 0 Å². The van der Waals surface area contributed by atoms with Crippen molar-refractivity contribution >= 4 is 17.7 Å². The van der Waals surface area contributed by atoms with E-state index >= 15 is 0 Å². The number of aliphatic hydroxyl groups excluding tert-OH is 1. The van der Waals surface area contributed by atoms with Gasteiger partial charge in [0.05, 0.1) is 4.75 Å². The molecular weight excluding hydrogens is 294 g/mol. The zero-order valence-electron chi connectivity index (χ0n) is 13.3. The molecule has 2 aliphatic carbocycles. The number of thioether (sulfide) groups is 1. The number of hydrogen-bond acceptors (Lipinski definition) is 3. The molecule has 4 atom stereocenters. The van der Waals surface area contributed by atoms with Gasteiger partial charge in [-0.3, -0.25) is 4.79 Å². The lowest BCUT2D eigenvalue weighted by Gasteiger charge is -2.33. The fourth-order valence-electron chi connectivity index (χ4n) is 4.05. The summed E-state index contributed by atoms with van der Waals surface area (Å²) in [6, 6.07) is 10.2. The molecule has 2 N–H and O–H groups in total. The van der Waals surface area contributed by atoms with Crippen molar-refractivity contribution in [1.82, 2.24) is 5.32 Å². The fraction of sp³-hybridized carbons (Fsp3) is 0.611. The number of rotatable bonds is 5. The van der Waals surface area contributed by atoms with E-state index in [0.29, 0.717) is 11.8 Å². The van der Waals surface area contributed by atoms with Crippen LogP contribution in [-0.2, 0) is 4.79 Å². The molecule has 3 rings (SSSR count). The van der Waals surface area contributed by atoms with Crippen LogP contribution in [0.5, 0.6) is 0 Å². The maximum absolute atomic E-state index is 12.7. The van der Waals surface area contributed by atoms with Gasteiger partial charge in [0, 0.05) is 23.5 Å². The molecule has 2 aliphatic rings. The first-order chi connectivity index (χ1) is 10.5. The van der Waals surface area contributed by atoms with Gasteiger partial charge in [-0.1, -0.05) is 18.2 Å². The van der Waals surface area contributed by atoms with Gasteiger partial charge in [-0.2, -0.15) is 0 Å². The van der Waals surface area contributed by atoms with E-state index in [2.05, 4.69) is 5.32 Å². The Labute approximate surface area is 136 Å². The minimum Gasteiger partial charge on any atom is -0.396 e. The Morgan fingerprint density at radius 1 is 1.27 bits per heavy atom. The van der Waals surface area contributed by atoms with Crippen LogP contribution in [0.1, 0.15) is 33.1 Å². The number of benzene rings is 1. The molecule has 0 spiro atoms. The minimum atomic E-state index is -0.511. The lowest BCUT2D eigenvalue weighted by Crippen LogP contribution is -2.50. The summed E-state index contributed by atoms with van der Waals surface area (Å²) in [6.45, 7) is 4.14. The van der Waals surface area contributed by atoms with Crippen molar-refractivity contribution in [2.45, 2.75) is 48.8 Å². The van der Waals surface area contributed by atoms with Gasteiger partial charge in [-0.05, 0) is 57.1 Å². The van der Waals surface area contributed by atoms with Crippen LogP contribution in [0.3, 0.4) is 0 Å². The van der Waals surface area contributed by atoms with Crippen molar-refractivity contribution in [2.24, 2.45) is 17.8 Å². The van der Waals surface area contributed by atoms with E-state index in [9.17, 15) is 9.90 Å². The standard InChI is InChI=1S/C18H25NO2S/c1-18(2,22-14-6-4-3-5-7-14)17(21)19-16-13-9-8-12(10-13)15(16)11-20/h3-7,12-13,15-16,20H,8-11H2,1-2H3,(H,19,21). The Balaban J connectivity index is 1.65. The van der Waals surface area contributed by atoms with Crippen molar-refractivity contribution in [1.29, 1.82) is 0 Å². The third-order valence-corrected chi connectivity index (χ3v) is 6.46. The van der Waals surface area contributed by atoms with Crippen molar-refractivity contribution < 1.29 is 9.90 Å². The Kier molecular flexibility index (Phi) is 4.51. The normalized spacial score (nSPS) is 30.5. The number of nitrogens with one attached hydrogen (secondary N) is 1. The summed E-state index contributed by atoms with van der Waals surface area (Å²) in [4.78, 5) is 13.9. The molecule has 2 fully saturated rings. The predicted molar refractivity (Wildman–Crippen MR) is 89.7 cm³/mol. The number of aliphatic hydroxyl groups is 1. The van der Waals surface area contributed by atoms with Crippen LogP contribution in [0.2, 0.25) is 0 Å². The summed E-state index contributed by atoms with van der Waals surface area (Å²) in [5.41, 5.74) is 0. The van der Waals surface area contributed by atoms with Crippen LogP contribution in [0, 0.1) is 17.8 Å². The molecule has 0 aromatic heterocycles.